The van der Waals surface area contributed by atoms with E-state index in [9.17, 15) is 0 Å². The van der Waals surface area contributed by atoms with Gasteiger partial charge in [-0.1, -0.05) is 0 Å². The molecular weight excluding hydrogens is 253 g/mol. The quantitative estimate of drug-likeness (QED) is 0.377. The van der Waals surface area contributed by atoms with Crippen molar-refractivity contribution in [2.24, 2.45) is 0 Å². The molecule has 29 valence electrons. The number of rotatable bonds is 0. The Bertz CT molecular complexity index is 6.00. The number of halogens is 2. The van der Waals surface area contributed by atoms with Crippen molar-refractivity contribution in [1.82, 2.24) is 0 Å². The van der Waals surface area contributed by atoms with E-state index in [4.69, 9.17) is 0 Å². The van der Waals surface area contributed by atoms with Gasteiger partial charge in [0.2, 0.25) is 0 Å². The Hall–Kier alpha value is 1.90. The van der Waals surface area contributed by atoms with Crippen molar-refractivity contribution in [3.63, 3.8) is 0 Å². The second-order valence-corrected chi connectivity index (χ2v) is 0. The van der Waals surface area contributed by atoms with Crippen LogP contribution < -0.4 is 24.8 Å². The van der Waals surface area contributed by atoms with Gasteiger partial charge >= 0.3 is 23.9 Å². The van der Waals surface area contributed by atoms with Gasteiger partial charge in [0.25, 0.3) is 0 Å². The van der Waals surface area contributed by atoms with E-state index in [-0.39, 0.29) is 65.8 Å². The minimum Gasteiger partial charge on any atom is -1.00 e. The van der Waals surface area contributed by atoms with E-state index < -0.39 is 0 Å². The summed E-state index contributed by atoms with van der Waals surface area (Å²) < 4.78 is 0. The van der Waals surface area contributed by atoms with Gasteiger partial charge in [-0.15, -0.1) is 0 Å². The minimum absolute atomic E-state index is 0. The normalized spacial score (nSPS) is 0. The molecule has 0 aliphatic rings. The number of hydrogen-bond donors (Lipinski definition) is 0. The minimum atomic E-state index is 0. The SMILES string of the molecule is [Cl-].[Cl-].[Cu].[Sn+2]. The molecule has 4 heavy (non-hydrogen) atoms. The molecule has 0 aromatic heterocycles. The van der Waals surface area contributed by atoms with Gasteiger partial charge in [-0.3, -0.25) is 0 Å². The van der Waals surface area contributed by atoms with Gasteiger partial charge in [0, 0.05) is 17.1 Å². The molecule has 0 heterocycles. The van der Waals surface area contributed by atoms with Gasteiger partial charge in [0.05, 0.1) is 0 Å². The molecule has 4 heteroatoms. The van der Waals surface area contributed by atoms with E-state index in [1.807, 2.05) is 0 Å². The summed E-state index contributed by atoms with van der Waals surface area (Å²) in [6.45, 7) is 0. The van der Waals surface area contributed by atoms with Crippen LogP contribution in [-0.2, 0) is 17.1 Å². The van der Waals surface area contributed by atoms with Gasteiger partial charge in [-0.25, -0.2) is 0 Å². The average molecular weight is 253 g/mol. The molecule has 0 spiro atoms. The molecule has 0 saturated heterocycles. The third-order valence-corrected chi connectivity index (χ3v) is 0. The van der Waals surface area contributed by atoms with Crippen LogP contribution >= 0.6 is 0 Å². The fraction of sp³-hybridized carbons (Fsp3) is 0. The molecule has 0 aromatic rings. The predicted octanol–water partition coefficient (Wildman–Crippen LogP) is -6.38. The second kappa shape index (κ2) is 20.7. The fourth-order valence-electron chi connectivity index (χ4n) is 0. The van der Waals surface area contributed by atoms with Crippen LogP contribution in [0.25, 0.3) is 0 Å². The summed E-state index contributed by atoms with van der Waals surface area (Å²) in [5.74, 6) is 0. The van der Waals surface area contributed by atoms with Crippen LogP contribution in [0.15, 0.2) is 0 Å². The topological polar surface area (TPSA) is 0 Å². The molecule has 0 N–H and O–H groups in total. The molecule has 0 aliphatic heterocycles. The van der Waals surface area contributed by atoms with Crippen LogP contribution in [0.4, 0.5) is 0 Å². The van der Waals surface area contributed by atoms with Crippen molar-refractivity contribution in [2.45, 2.75) is 0 Å². The summed E-state index contributed by atoms with van der Waals surface area (Å²) in [5.41, 5.74) is 0. The molecule has 0 amide bonds. The van der Waals surface area contributed by atoms with E-state index in [2.05, 4.69) is 0 Å². The van der Waals surface area contributed by atoms with E-state index in [1.165, 1.54) is 0 Å². The van der Waals surface area contributed by atoms with Gasteiger partial charge in [0.15, 0.2) is 0 Å². The summed E-state index contributed by atoms with van der Waals surface area (Å²) in [6.07, 6.45) is 0. The third kappa shape index (κ3) is 9.09. The summed E-state index contributed by atoms with van der Waals surface area (Å²) in [6, 6.07) is 0. The molecule has 0 unspecified atom stereocenters. The molecule has 3 radical (unpaired) electrons. The Morgan fingerprint density at radius 3 is 0.750 bits per heavy atom. The van der Waals surface area contributed by atoms with Crippen molar-refractivity contribution in [3.05, 3.63) is 0 Å². The predicted molar refractivity (Wildman–Crippen MR) is 5.75 cm³/mol. The Morgan fingerprint density at radius 2 is 0.750 bits per heavy atom. The van der Waals surface area contributed by atoms with Crippen molar-refractivity contribution in [1.29, 1.82) is 0 Å². The number of hydrogen-bond acceptors (Lipinski definition) is 0. The molecule has 0 saturated carbocycles. The monoisotopic (exact) mass is 253 g/mol. The maximum atomic E-state index is 0. The molecule has 0 rings (SSSR count). The second-order valence-electron chi connectivity index (χ2n) is 0. The van der Waals surface area contributed by atoms with E-state index in [0.717, 1.165) is 0 Å². The van der Waals surface area contributed by atoms with E-state index >= 15 is 0 Å². The van der Waals surface area contributed by atoms with Gasteiger partial charge in [0.1, 0.15) is 0 Å². The first-order valence-corrected chi connectivity index (χ1v) is 0. The van der Waals surface area contributed by atoms with E-state index in [0.29, 0.717) is 0 Å². The first-order chi connectivity index (χ1) is 0. The molecule has 0 aromatic carbocycles. The van der Waals surface area contributed by atoms with Crippen LogP contribution in [-0.4, -0.2) is 23.9 Å². The molecule has 0 aliphatic carbocycles. The average Bonchev–Trinajstić information content (AvgIpc) is 0. The maximum Gasteiger partial charge on any atom is 2.00 e. The van der Waals surface area contributed by atoms with Crippen LogP contribution in [0, 0.1) is 0 Å². The molecular formula is Cl2CuSn. The van der Waals surface area contributed by atoms with Gasteiger partial charge < -0.3 is 24.8 Å². The maximum absolute atomic E-state index is 0. The van der Waals surface area contributed by atoms with Crippen LogP contribution in [0.5, 0.6) is 0 Å². The standard InChI is InChI=1S/2ClH.Cu.Sn/h2*1H;;/q;;;+2/p-2. The Morgan fingerprint density at radius 1 is 0.750 bits per heavy atom. The summed E-state index contributed by atoms with van der Waals surface area (Å²) in [5, 5.41) is 0. The van der Waals surface area contributed by atoms with Gasteiger partial charge in [-0.2, -0.15) is 0 Å². The first kappa shape index (κ1) is 39.3. The Balaban J connectivity index is 0. The molecule has 0 nitrogen and oxygen atoms in total. The largest absolute Gasteiger partial charge is 2.00 e. The van der Waals surface area contributed by atoms with Crippen molar-refractivity contribution in [3.8, 4) is 0 Å². The third-order valence-electron chi connectivity index (χ3n) is 0. The van der Waals surface area contributed by atoms with Crippen molar-refractivity contribution >= 4 is 23.9 Å². The molecule has 0 fully saturated rings. The summed E-state index contributed by atoms with van der Waals surface area (Å²) >= 11 is 0. The molecule has 0 bridgehead atoms. The Kier molecular flexibility index (Phi) is 203. The zero-order chi connectivity index (χ0) is 0. The Labute approximate surface area is 65.3 Å². The first-order valence-electron chi connectivity index (χ1n) is 0. The van der Waals surface area contributed by atoms with Crippen LogP contribution in [0.2, 0.25) is 0 Å². The smallest absolute Gasteiger partial charge is 1.00 e. The van der Waals surface area contributed by atoms with Crippen molar-refractivity contribution < 1.29 is 41.9 Å². The fourth-order valence-corrected chi connectivity index (χ4v) is 0. The zero-order valence-electron chi connectivity index (χ0n) is 1.56. The summed E-state index contributed by atoms with van der Waals surface area (Å²) in [4.78, 5) is 0. The van der Waals surface area contributed by atoms with Crippen LogP contribution in [0.1, 0.15) is 0 Å². The van der Waals surface area contributed by atoms with Gasteiger partial charge in [-0.05, 0) is 0 Å². The van der Waals surface area contributed by atoms with E-state index in [1.54, 1.807) is 0 Å². The molecule has 0 atom stereocenters. The van der Waals surface area contributed by atoms with Crippen molar-refractivity contribution in [2.75, 3.05) is 0 Å². The zero-order valence-corrected chi connectivity index (χ0v) is 6.87. The summed E-state index contributed by atoms with van der Waals surface area (Å²) in [7, 11) is 0. The van der Waals surface area contributed by atoms with Crippen LogP contribution in [0.3, 0.4) is 0 Å².